The minimum Gasteiger partial charge on any atom is -0.350 e. The van der Waals surface area contributed by atoms with Crippen LogP contribution in [-0.2, 0) is 9.47 Å². The zero-order valence-electron chi connectivity index (χ0n) is 11.6. The van der Waals surface area contributed by atoms with Crippen LogP contribution < -0.4 is 0 Å². The molecule has 3 heteroatoms. The van der Waals surface area contributed by atoms with Crippen molar-refractivity contribution in [2.75, 3.05) is 14.2 Å². The molecule has 17 heavy (non-hydrogen) atoms. The van der Waals surface area contributed by atoms with E-state index in [9.17, 15) is 0 Å². The zero-order valence-corrected chi connectivity index (χ0v) is 12.5. The molecule has 0 saturated carbocycles. The second-order valence-corrected chi connectivity index (χ2v) is 4.71. The molecule has 0 aromatic heterocycles. The number of hydrogen-bond acceptors (Lipinski definition) is 3. The normalized spacial score (nSPS) is 12.5. The van der Waals surface area contributed by atoms with Crippen molar-refractivity contribution >= 4 is 12.6 Å². The first kappa shape index (κ1) is 17.0. The number of unbranched alkanes of at least 4 members (excludes halogenated alkanes) is 6. The van der Waals surface area contributed by atoms with Crippen molar-refractivity contribution in [1.29, 1.82) is 0 Å². The number of ether oxygens (including phenoxy) is 2. The molecule has 0 rings (SSSR count). The van der Waals surface area contributed by atoms with E-state index in [1.807, 2.05) is 6.08 Å². The topological polar surface area (TPSA) is 18.5 Å². The summed E-state index contributed by atoms with van der Waals surface area (Å²) in [7, 11) is 3.36. The van der Waals surface area contributed by atoms with Gasteiger partial charge >= 0.3 is 0 Å². The Morgan fingerprint density at radius 2 is 1.47 bits per heavy atom. The summed E-state index contributed by atoms with van der Waals surface area (Å²) in [6, 6.07) is 0. The van der Waals surface area contributed by atoms with E-state index in [4.69, 9.17) is 9.47 Å². The van der Waals surface area contributed by atoms with Gasteiger partial charge in [0.05, 0.1) is 0 Å². The Morgan fingerprint density at radius 3 is 1.94 bits per heavy atom. The highest BCUT2D eigenvalue weighted by Gasteiger charge is 2.24. The van der Waals surface area contributed by atoms with Crippen molar-refractivity contribution in [2.24, 2.45) is 0 Å². The van der Waals surface area contributed by atoms with Crippen molar-refractivity contribution < 1.29 is 9.47 Å². The van der Waals surface area contributed by atoms with E-state index in [-0.39, 0.29) is 0 Å². The summed E-state index contributed by atoms with van der Waals surface area (Å²) in [5.74, 6) is -0.578. The maximum absolute atomic E-state index is 5.41. The van der Waals surface area contributed by atoms with Crippen molar-refractivity contribution in [1.82, 2.24) is 0 Å². The third kappa shape index (κ3) is 7.85. The predicted molar refractivity (Wildman–Crippen MR) is 77.5 cm³/mol. The van der Waals surface area contributed by atoms with E-state index >= 15 is 0 Å². The van der Waals surface area contributed by atoms with Crippen LogP contribution >= 0.6 is 12.6 Å². The molecule has 102 valence electrons. The third-order valence-electron chi connectivity index (χ3n) is 3.15. The van der Waals surface area contributed by atoms with Gasteiger partial charge in [0.1, 0.15) is 0 Å². The predicted octanol–water partition coefficient (Wildman–Crippen LogP) is 4.56. The molecule has 0 aromatic carbocycles. The first-order valence-electron chi connectivity index (χ1n) is 6.67. The molecule has 0 atom stereocenters. The quantitative estimate of drug-likeness (QED) is 0.333. The highest BCUT2D eigenvalue weighted by Crippen LogP contribution is 2.22. The number of hydrogen-bond donors (Lipinski definition) is 1. The average molecular weight is 260 g/mol. The molecule has 0 aromatic rings. The molecule has 0 N–H and O–H groups in total. The second-order valence-electron chi connectivity index (χ2n) is 4.41. The summed E-state index contributed by atoms with van der Waals surface area (Å²) in [5.41, 5.74) is 0. The van der Waals surface area contributed by atoms with Gasteiger partial charge in [-0.15, -0.1) is 0 Å². The number of thiol groups is 1. The lowest BCUT2D eigenvalue weighted by Crippen LogP contribution is -2.31. The lowest BCUT2D eigenvalue weighted by atomic mass is 10.0. The maximum Gasteiger partial charge on any atom is 0.187 e. The Kier molecular flexibility index (Phi) is 11.1. The number of rotatable bonds is 11. The van der Waals surface area contributed by atoms with Gasteiger partial charge in [0.2, 0.25) is 0 Å². The standard InChI is InChI=1S/C14H28O2S/c1-4-5-6-7-8-9-10-11-14(15-2,16-3)12-13-17/h12-13,17H,4-11H2,1-3H3. The van der Waals surface area contributed by atoms with Gasteiger partial charge < -0.3 is 9.47 Å². The van der Waals surface area contributed by atoms with E-state index in [0.717, 1.165) is 12.8 Å². The summed E-state index contributed by atoms with van der Waals surface area (Å²) in [6.07, 6.45) is 11.8. The van der Waals surface area contributed by atoms with Crippen LogP contribution in [-0.4, -0.2) is 20.0 Å². The first-order valence-corrected chi connectivity index (χ1v) is 7.18. The van der Waals surface area contributed by atoms with Crippen molar-refractivity contribution in [3.8, 4) is 0 Å². The second kappa shape index (κ2) is 11.1. The van der Waals surface area contributed by atoms with Crippen LogP contribution in [0, 0.1) is 0 Å². The molecule has 0 saturated heterocycles. The monoisotopic (exact) mass is 260 g/mol. The Morgan fingerprint density at radius 1 is 0.941 bits per heavy atom. The minimum absolute atomic E-state index is 0.578. The Balaban J connectivity index is 3.68. The van der Waals surface area contributed by atoms with Crippen LogP contribution in [0.1, 0.15) is 58.3 Å². The van der Waals surface area contributed by atoms with Crippen LogP contribution in [0.2, 0.25) is 0 Å². The SMILES string of the molecule is CCCCCCCCCC(C=CS)(OC)OC. The molecule has 0 unspecified atom stereocenters. The Hall–Kier alpha value is 0.01000. The summed E-state index contributed by atoms with van der Waals surface area (Å²) < 4.78 is 10.8. The molecular formula is C14H28O2S. The molecule has 0 heterocycles. The van der Waals surface area contributed by atoms with E-state index in [1.54, 1.807) is 19.6 Å². The molecule has 0 amide bonds. The maximum atomic E-state index is 5.41. The summed E-state index contributed by atoms with van der Waals surface area (Å²) in [6.45, 7) is 2.25. The Labute approximate surface area is 112 Å². The van der Waals surface area contributed by atoms with E-state index in [2.05, 4.69) is 19.6 Å². The molecule has 0 aliphatic carbocycles. The molecule has 0 bridgehead atoms. The van der Waals surface area contributed by atoms with Crippen molar-refractivity contribution in [2.45, 2.75) is 64.1 Å². The smallest absolute Gasteiger partial charge is 0.187 e. The van der Waals surface area contributed by atoms with E-state index < -0.39 is 5.79 Å². The van der Waals surface area contributed by atoms with E-state index in [0.29, 0.717) is 0 Å². The highest BCUT2D eigenvalue weighted by atomic mass is 32.1. The van der Waals surface area contributed by atoms with Gasteiger partial charge in [-0.05, 0) is 17.9 Å². The van der Waals surface area contributed by atoms with Crippen LogP contribution in [0.25, 0.3) is 0 Å². The molecule has 0 aliphatic heterocycles. The van der Waals surface area contributed by atoms with Crippen molar-refractivity contribution in [3.63, 3.8) is 0 Å². The summed E-state index contributed by atoms with van der Waals surface area (Å²) in [5, 5.41) is 1.69. The van der Waals surface area contributed by atoms with Gasteiger partial charge in [-0.1, -0.05) is 45.4 Å². The van der Waals surface area contributed by atoms with Crippen LogP contribution in [0.3, 0.4) is 0 Å². The van der Waals surface area contributed by atoms with Crippen LogP contribution in [0.15, 0.2) is 11.5 Å². The zero-order chi connectivity index (χ0) is 13.0. The largest absolute Gasteiger partial charge is 0.350 e. The van der Waals surface area contributed by atoms with Gasteiger partial charge in [0, 0.05) is 20.6 Å². The first-order chi connectivity index (χ1) is 8.24. The van der Waals surface area contributed by atoms with Gasteiger partial charge in [-0.3, -0.25) is 0 Å². The van der Waals surface area contributed by atoms with Crippen LogP contribution in [0.5, 0.6) is 0 Å². The fraction of sp³-hybridized carbons (Fsp3) is 0.857. The molecular weight excluding hydrogens is 232 g/mol. The lowest BCUT2D eigenvalue weighted by Gasteiger charge is -2.27. The minimum atomic E-state index is -0.578. The highest BCUT2D eigenvalue weighted by molar-refractivity contribution is 7.83. The average Bonchev–Trinajstić information content (AvgIpc) is 2.36. The van der Waals surface area contributed by atoms with Gasteiger partial charge in [0.15, 0.2) is 5.79 Å². The summed E-state index contributed by atoms with van der Waals surface area (Å²) in [4.78, 5) is 0. The fourth-order valence-corrected chi connectivity index (χ4v) is 2.18. The molecule has 0 aliphatic rings. The molecule has 0 fully saturated rings. The molecule has 2 nitrogen and oxygen atoms in total. The molecule has 0 radical (unpaired) electrons. The fourth-order valence-electron chi connectivity index (χ4n) is 1.95. The van der Waals surface area contributed by atoms with Gasteiger partial charge in [-0.2, -0.15) is 12.6 Å². The van der Waals surface area contributed by atoms with E-state index in [1.165, 1.54) is 38.5 Å². The summed E-state index contributed by atoms with van der Waals surface area (Å²) >= 11 is 4.08. The lowest BCUT2D eigenvalue weighted by molar-refractivity contribution is -0.174. The third-order valence-corrected chi connectivity index (χ3v) is 3.30. The van der Waals surface area contributed by atoms with Crippen molar-refractivity contribution in [3.05, 3.63) is 11.5 Å². The number of methoxy groups -OCH3 is 2. The van der Waals surface area contributed by atoms with Gasteiger partial charge in [-0.25, -0.2) is 0 Å². The van der Waals surface area contributed by atoms with Gasteiger partial charge in [0.25, 0.3) is 0 Å². The van der Waals surface area contributed by atoms with Crippen LogP contribution in [0.4, 0.5) is 0 Å². The molecule has 0 spiro atoms. The Bertz CT molecular complexity index is 189.